The van der Waals surface area contributed by atoms with Gasteiger partial charge in [0.2, 0.25) is 0 Å². The highest BCUT2D eigenvalue weighted by atomic mass is 16.5. The largest absolute Gasteiger partial charge is 0.497 e. The van der Waals surface area contributed by atoms with E-state index >= 15 is 0 Å². The number of ether oxygens (including phenoxy) is 2. The lowest BCUT2D eigenvalue weighted by atomic mass is 9.98. The summed E-state index contributed by atoms with van der Waals surface area (Å²) in [7, 11) is 3.27. The zero-order chi connectivity index (χ0) is 23.8. The molecular weight excluding hydrogens is 416 g/mol. The molecule has 0 saturated carbocycles. The van der Waals surface area contributed by atoms with E-state index in [4.69, 9.17) is 15.2 Å². The van der Waals surface area contributed by atoms with Gasteiger partial charge in [0, 0.05) is 10.9 Å². The molecule has 4 aromatic rings. The molecule has 33 heavy (non-hydrogen) atoms. The molecule has 3 N–H and O–H groups in total. The monoisotopic (exact) mass is 444 g/mol. The van der Waals surface area contributed by atoms with Crippen molar-refractivity contribution in [2.24, 2.45) is 5.73 Å². The molecule has 4 rings (SSSR count). The minimum Gasteiger partial charge on any atom is -0.497 e. The second-order valence-corrected chi connectivity index (χ2v) is 7.40. The molecule has 0 aliphatic rings. The lowest BCUT2D eigenvalue weighted by molar-refractivity contribution is 0.0698. The molecule has 1 aromatic heterocycles. The molecule has 3 aromatic carbocycles. The fourth-order valence-corrected chi connectivity index (χ4v) is 3.57. The summed E-state index contributed by atoms with van der Waals surface area (Å²) in [5, 5.41) is 10.2. The van der Waals surface area contributed by atoms with Crippen LogP contribution >= 0.6 is 0 Å². The molecule has 0 aliphatic heterocycles. The normalized spacial score (nSPS) is 10.3. The molecule has 0 saturated heterocycles. The lowest BCUT2D eigenvalue weighted by Crippen LogP contribution is -2.04. The quantitative estimate of drug-likeness (QED) is 0.429. The van der Waals surface area contributed by atoms with Crippen LogP contribution < -0.4 is 15.2 Å². The third-order valence-corrected chi connectivity index (χ3v) is 5.31. The molecular formula is C27H28N2O4. The van der Waals surface area contributed by atoms with Crippen LogP contribution in [0.4, 0.5) is 0 Å². The Morgan fingerprint density at radius 3 is 2.03 bits per heavy atom. The summed E-state index contributed by atoms with van der Waals surface area (Å²) in [6.07, 6.45) is 0.935. The lowest BCUT2D eigenvalue weighted by Gasteiger charge is -2.12. The van der Waals surface area contributed by atoms with E-state index in [1.807, 2.05) is 66.7 Å². The number of carboxylic acid groups (broad SMARTS) is 1. The Labute approximate surface area is 193 Å². The minimum absolute atomic E-state index is 0.302. The number of rotatable bonds is 6. The predicted molar refractivity (Wildman–Crippen MR) is 131 cm³/mol. The summed E-state index contributed by atoms with van der Waals surface area (Å²) in [5.74, 6) is 0.706. The molecule has 0 amide bonds. The van der Waals surface area contributed by atoms with Crippen molar-refractivity contribution in [3.05, 3.63) is 89.5 Å². The molecule has 170 valence electrons. The maximum Gasteiger partial charge on any atom is 0.336 e. The maximum absolute atomic E-state index is 11.7. The van der Waals surface area contributed by atoms with Crippen molar-refractivity contribution >= 4 is 16.9 Å². The Balaban J connectivity index is 0.000000235. The smallest absolute Gasteiger partial charge is 0.336 e. The van der Waals surface area contributed by atoms with E-state index in [2.05, 4.69) is 4.98 Å². The van der Waals surface area contributed by atoms with Crippen LogP contribution in [0, 0.1) is 6.92 Å². The molecule has 0 fully saturated rings. The van der Waals surface area contributed by atoms with Crippen molar-refractivity contribution in [2.75, 3.05) is 20.8 Å². The van der Waals surface area contributed by atoms with Crippen molar-refractivity contribution in [1.29, 1.82) is 0 Å². The number of hydrogen-bond acceptors (Lipinski definition) is 5. The number of nitrogens with two attached hydrogens (primary N) is 1. The van der Waals surface area contributed by atoms with Gasteiger partial charge >= 0.3 is 5.97 Å². The highest BCUT2D eigenvalue weighted by molar-refractivity contribution is 6.05. The number of hydrogen-bond donors (Lipinski definition) is 2. The van der Waals surface area contributed by atoms with E-state index in [9.17, 15) is 9.90 Å². The molecule has 0 bridgehead atoms. The number of benzene rings is 3. The van der Waals surface area contributed by atoms with Gasteiger partial charge in [0.25, 0.3) is 0 Å². The van der Waals surface area contributed by atoms with Crippen LogP contribution in [0.1, 0.15) is 21.5 Å². The van der Waals surface area contributed by atoms with Crippen LogP contribution in [0.2, 0.25) is 0 Å². The molecule has 0 aliphatic carbocycles. The van der Waals surface area contributed by atoms with Gasteiger partial charge in [-0.15, -0.1) is 0 Å². The Hall–Kier alpha value is -3.90. The fourth-order valence-electron chi connectivity index (χ4n) is 3.57. The average Bonchev–Trinajstić information content (AvgIpc) is 2.84. The van der Waals surface area contributed by atoms with Crippen molar-refractivity contribution in [3.8, 4) is 22.8 Å². The zero-order valence-electron chi connectivity index (χ0n) is 19.0. The first kappa shape index (κ1) is 23.8. The Bertz CT molecular complexity index is 1220. The molecule has 0 atom stereocenters. The summed E-state index contributed by atoms with van der Waals surface area (Å²) < 4.78 is 10.2. The van der Waals surface area contributed by atoms with Gasteiger partial charge in [-0.05, 0) is 73.5 Å². The van der Waals surface area contributed by atoms with E-state index in [0.29, 0.717) is 34.3 Å². The standard InChI is InChI=1S/C18H15NO3.C9H13NO/c1-11-16(18(20)21)14-5-3-4-6-15(14)19-17(11)12-7-9-13(22-2)10-8-12;1-11-9-4-2-8(3-5-9)6-7-10/h3-10H,1-2H3,(H,20,21);2-5H,6-7,10H2,1H3. The SMILES string of the molecule is COc1ccc(-c2nc3ccccc3c(C(=O)O)c2C)cc1.COc1ccc(CCN)cc1. The number of aromatic nitrogens is 1. The van der Waals surface area contributed by atoms with Crippen molar-refractivity contribution < 1.29 is 19.4 Å². The Kier molecular flexibility index (Phi) is 8.00. The Morgan fingerprint density at radius 2 is 1.48 bits per heavy atom. The van der Waals surface area contributed by atoms with Crippen molar-refractivity contribution in [1.82, 2.24) is 4.98 Å². The van der Waals surface area contributed by atoms with Crippen molar-refractivity contribution in [2.45, 2.75) is 13.3 Å². The average molecular weight is 445 g/mol. The zero-order valence-corrected chi connectivity index (χ0v) is 19.0. The maximum atomic E-state index is 11.7. The van der Waals surface area contributed by atoms with Gasteiger partial charge in [0.05, 0.1) is 31.0 Å². The van der Waals surface area contributed by atoms with Crippen LogP contribution in [0.15, 0.2) is 72.8 Å². The van der Waals surface area contributed by atoms with Gasteiger partial charge in [-0.3, -0.25) is 0 Å². The minimum atomic E-state index is -0.939. The summed E-state index contributed by atoms with van der Waals surface area (Å²) >= 11 is 0. The van der Waals surface area contributed by atoms with E-state index < -0.39 is 5.97 Å². The molecule has 0 spiro atoms. The number of nitrogens with zero attached hydrogens (tertiary/aromatic N) is 1. The first-order chi connectivity index (χ1) is 16.0. The summed E-state index contributed by atoms with van der Waals surface area (Å²) in [5.41, 5.74) is 9.85. The van der Waals surface area contributed by atoms with Gasteiger partial charge < -0.3 is 20.3 Å². The predicted octanol–water partition coefficient (Wildman–Crippen LogP) is 5.11. The van der Waals surface area contributed by atoms with Crippen molar-refractivity contribution in [3.63, 3.8) is 0 Å². The van der Waals surface area contributed by atoms with E-state index in [1.165, 1.54) is 5.56 Å². The van der Waals surface area contributed by atoms with Gasteiger partial charge in [-0.2, -0.15) is 0 Å². The van der Waals surface area contributed by atoms with Gasteiger partial charge in [-0.25, -0.2) is 9.78 Å². The van der Waals surface area contributed by atoms with Crippen LogP contribution in [-0.4, -0.2) is 36.8 Å². The molecule has 0 radical (unpaired) electrons. The van der Waals surface area contributed by atoms with E-state index in [0.717, 1.165) is 23.5 Å². The summed E-state index contributed by atoms with van der Waals surface area (Å²) in [6.45, 7) is 2.49. The summed E-state index contributed by atoms with van der Waals surface area (Å²) in [6, 6.07) is 22.7. The second-order valence-electron chi connectivity index (χ2n) is 7.40. The van der Waals surface area contributed by atoms with Gasteiger partial charge in [-0.1, -0.05) is 30.3 Å². The number of aromatic carboxylic acids is 1. The third-order valence-electron chi connectivity index (χ3n) is 5.31. The molecule has 6 nitrogen and oxygen atoms in total. The number of pyridine rings is 1. The van der Waals surface area contributed by atoms with Crippen LogP contribution in [-0.2, 0) is 6.42 Å². The van der Waals surface area contributed by atoms with Crippen LogP contribution in [0.3, 0.4) is 0 Å². The number of methoxy groups -OCH3 is 2. The third kappa shape index (κ3) is 5.67. The highest BCUT2D eigenvalue weighted by Crippen LogP contribution is 2.30. The van der Waals surface area contributed by atoms with Crippen LogP contribution in [0.5, 0.6) is 11.5 Å². The Morgan fingerprint density at radius 1 is 0.909 bits per heavy atom. The van der Waals surface area contributed by atoms with Gasteiger partial charge in [0.15, 0.2) is 0 Å². The van der Waals surface area contributed by atoms with Crippen LogP contribution in [0.25, 0.3) is 22.2 Å². The topological polar surface area (TPSA) is 94.7 Å². The fraction of sp³-hybridized carbons (Fsp3) is 0.185. The second kappa shape index (κ2) is 11.1. The first-order valence-electron chi connectivity index (χ1n) is 10.6. The molecule has 6 heteroatoms. The highest BCUT2D eigenvalue weighted by Gasteiger charge is 2.17. The van der Waals surface area contributed by atoms with Gasteiger partial charge in [0.1, 0.15) is 11.5 Å². The number of para-hydroxylation sites is 1. The summed E-state index contributed by atoms with van der Waals surface area (Å²) in [4.78, 5) is 16.3. The number of carbonyl (C=O) groups is 1. The molecule has 1 heterocycles. The molecule has 0 unspecified atom stereocenters. The first-order valence-corrected chi connectivity index (χ1v) is 10.6. The number of fused-ring (bicyclic) bond motifs is 1. The van der Waals surface area contributed by atoms with E-state index in [1.54, 1.807) is 27.2 Å². The number of carboxylic acids is 1. The van der Waals surface area contributed by atoms with E-state index in [-0.39, 0.29) is 0 Å².